The van der Waals surface area contributed by atoms with E-state index in [1.807, 2.05) is 36.4 Å². The van der Waals surface area contributed by atoms with Gasteiger partial charge in [-0.15, -0.1) is 0 Å². The summed E-state index contributed by atoms with van der Waals surface area (Å²) in [4.78, 5) is 51.1. The van der Waals surface area contributed by atoms with E-state index in [4.69, 9.17) is 0 Å². The molecule has 1 atom stereocenters. The van der Waals surface area contributed by atoms with E-state index in [1.165, 1.54) is 0 Å². The quantitative estimate of drug-likeness (QED) is 0.449. The van der Waals surface area contributed by atoms with E-state index in [-0.39, 0.29) is 29.6 Å². The molecule has 1 fully saturated rings. The van der Waals surface area contributed by atoms with Crippen LogP contribution in [0.15, 0.2) is 72.9 Å². The van der Waals surface area contributed by atoms with Crippen LogP contribution in [0.3, 0.4) is 0 Å². The molecule has 174 valence electrons. The van der Waals surface area contributed by atoms with Crippen molar-refractivity contribution in [3.63, 3.8) is 0 Å². The number of nitrogens with one attached hydrogen (secondary N) is 2. The Bertz CT molecular complexity index is 1500. The number of imide groups is 1. The number of aromatic nitrogens is 2. The lowest BCUT2D eigenvalue weighted by Gasteiger charge is -2.35. The van der Waals surface area contributed by atoms with Crippen molar-refractivity contribution in [3.05, 3.63) is 95.4 Å². The molecule has 35 heavy (non-hydrogen) atoms. The van der Waals surface area contributed by atoms with E-state index in [0.717, 1.165) is 27.1 Å². The molecule has 2 aromatic carbocycles. The van der Waals surface area contributed by atoms with Crippen molar-refractivity contribution in [2.24, 2.45) is 0 Å². The van der Waals surface area contributed by atoms with Crippen LogP contribution in [0.5, 0.6) is 0 Å². The van der Waals surface area contributed by atoms with Gasteiger partial charge in [-0.2, -0.15) is 0 Å². The molecule has 2 aromatic heterocycles. The number of fused-ring (bicyclic) bond motifs is 5. The number of carbonyl (C=O) groups excluding carboxylic acids is 3. The van der Waals surface area contributed by atoms with Crippen molar-refractivity contribution in [3.8, 4) is 0 Å². The average molecular weight is 466 g/mol. The van der Waals surface area contributed by atoms with Crippen molar-refractivity contribution < 1.29 is 14.4 Å². The molecular formula is C27H23N5O3. The summed E-state index contributed by atoms with van der Waals surface area (Å²) in [6.07, 6.45) is 2.31. The number of pyridine rings is 1. The molecule has 0 saturated carbocycles. The van der Waals surface area contributed by atoms with Gasteiger partial charge in [-0.25, -0.2) is 9.69 Å². The number of hydrogen-bond acceptors (Lipinski definition) is 4. The number of aromatic amines is 1. The van der Waals surface area contributed by atoms with Crippen LogP contribution in [0.25, 0.3) is 10.9 Å². The van der Waals surface area contributed by atoms with Crippen molar-refractivity contribution in [1.29, 1.82) is 0 Å². The Kier molecular flexibility index (Phi) is 4.70. The smallest absolute Gasteiger partial charge is 0.332 e. The van der Waals surface area contributed by atoms with Crippen LogP contribution >= 0.6 is 0 Å². The van der Waals surface area contributed by atoms with Gasteiger partial charge in [-0.3, -0.25) is 14.6 Å². The molecule has 0 bridgehead atoms. The van der Waals surface area contributed by atoms with Gasteiger partial charge in [0.1, 0.15) is 0 Å². The summed E-state index contributed by atoms with van der Waals surface area (Å²) in [5, 5.41) is 3.91. The molecule has 6 rings (SSSR count). The van der Waals surface area contributed by atoms with Crippen LogP contribution in [-0.2, 0) is 23.3 Å². The van der Waals surface area contributed by atoms with Crippen molar-refractivity contribution in [2.75, 3.05) is 11.4 Å². The lowest BCUT2D eigenvalue weighted by molar-refractivity contribution is -0.125. The van der Waals surface area contributed by atoms with Crippen LogP contribution in [0.1, 0.15) is 34.2 Å². The molecule has 2 aliphatic heterocycles. The number of amides is 4. The second kappa shape index (κ2) is 7.80. The summed E-state index contributed by atoms with van der Waals surface area (Å²) in [6.45, 7) is 2.43. The number of anilines is 1. The first kappa shape index (κ1) is 21.1. The lowest BCUT2D eigenvalue weighted by Crippen LogP contribution is -2.49. The molecule has 1 unspecified atom stereocenters. The predicted molar refractivity (Wildman–Crippen MR) is 131 cm³/mol. The molecular weight excluding hydrogens is 442 g/mol. The van der Waals surface area contributed by atoms with E-state index in [0.29, 0.717) is 18.7 Å². The highest BCUT2D eigenvalue weighted by Gasteiger charge is 2.59. The highest BCUT2D eigenvalue weighted by atomic mass is 16.2. The van der Waals surface area contributed by atoms with E-state index in [9.17, 15) is 14.4 Å². The summed E-state index contributed by atoms with van der Waals surface area (Å²) >= 11 is 0. The topological polar surface area (TPSA) is 98.4 Å². The fourth-order valence-electron chi connectivity index (χ4n) is 5.23. The third-order valence-corrected chi connectivity index (χ3v) is 7.01. The number of urea groups is 1. The summed E-state index contributed by atoms with van der Waals surface area (Å²) in [5.74, 6) is -0.756. The second-order valence-electron chi connectivity index (χ2n) is 8.94. The highest BCUT2D eigenvalue weighted by Crippen LogP contribution is 2.45. The van der Waals surface area contributed by atoms with Gasteiger partial charge in [0.05, 0.1) is 29.2 Å². The minimum Gasteiger partial charge on any atom is -0.356 e. The maximum absolute atomic E-state index is 14.0. The summed E-state index contributed by atoms with van der Waals surface area (Å²) in [6, 6.07) is 19.7. The van der Waals surface area contributed by atoms with E-state index in [1.54, 1.807) is 48.4 Å². The predicted octanol–water partition coefficient (Wildman–Crippen LogP) is 3.73. The molecule has 1 saturated heterocycles. The summed E-state index contributed by atoms with van der Waals surface area (Å²) in [5.41, 5.74) is 2.80. The van der Waals surface area contributed by atoms with Gasteiger partial charge in [-0.05, 0) is 49.2 Å². The largest absolute Gasteiger partial charge is 0.356 e. The zero-order chi connectivity index (χ0) is 24.2. The number of H-pyrrole nitrogens is 1. The number of rotatable bonds is 4. The zero-order valence-electron chi connectivity index (χ0n) is 19.1. The Labute approximate surface area is 201 Å². The van der Waals surface area contributed by atoms with E-state index >= 15 is 0 Å². The molecule has 8 heteroatoms. The Morgan fingerprint density at radius 2 is 1.83 bits per heavy atom. The number of carbonyl (C=O) groups is 3. The molecule has 2 aliphatic rings. The van der Waals surface area contributed by atoms with Crippen molar-refractivity contribution >= 4 is 34.4 Å². The summed E-state index contributed by atoms with van der Waals surface area (Å²) < 4.78 is 0. The van der Waals surface area contributed by atoms with Gasteiger partial charge in [0.15, 0.2) is 5.54 Å². The van der Waals surface area contributed by atoms with Crippen LogP contribution in [-0.4, -0.2) is 39.3 Å². The van der Waals surface area contributed by atoms with Crippen molar-refractivity contribution in [2.45, 2.75) is 25.4 Å². The maximum Gasteiger partial charge on any atom is 0.332 e. The first-order valence-corrected chi connectivity index (χ1v) is 11.5. The molecule has 0 spiro atoms. The molecule has 2 N–H and O–H groups in total. The molecule has 0 aliphatic carbocycles. The van der Waals surface area contributed by atoms with E-state index in [2.05, 4.69) is 15.3 Å². The second-order valence-corrected chi connectivity index (χ2v) is 8.94. The van der Waals surface area contributed by atoms with Gasteiger partial charge in [0, 0.05) is 23.6 Å². The van der Waals surface area contributed by atoms with Gasteiger partial charge in [0.2, 0.25) is 0 Å². The third-order valence-electron chi connectivity index (χ3n) is 7.01. The first-order chi connectivity index (χ1) is 17.0. The molecule has 0 radical (unpaired) electrons. The first-order valence-electron chi connectivity index (χ1n) is 11.5. The molecule has 4 heterocycles. The van der Waals surface area contributed by atoms with Gasteiger partial charge >= 0.3 is 6.03 Å². The Morgan fingerprint density at radius 1 is 1.06 bits per heavy atom. The number of hydrogen-bond donors (Lipinski definition) is 2. The van der Waals surface area contributed by atoms with Crippen molar-refractivity contribution in [1.82, 2.24) is 20.2 Å². The molecule has 8 nitrogen and oxygen atoms in total. The van der Waals surface area contributed by atoms with Gasteiger partial charge < -0.3 is 15.2 Å². The van der Waals surface area contributed by atoms with Gasteiger partial charge in [0.25, 0.3) is 11.8 Å². The van der Waals surface area contributed by atoms with E-state index < -0.39 is 11.6 Å². The number of nitrogens with zero attached hydrogens (tertiary/aromatic N) is 3. The minimum atomic E-state index is -1.18. The monoisotopic (exact) mass is 465 g/mol. The fourth-order valence-corrected chi connectivity index (χ4v) is 5.23. The SMILES string of the molecule is CC12C(=O)N(c3ccccc3C(=O)NCc3ccccn3)C(=O)N1CCc1c2[nH]c2ccccc12. The van der Waals surface area contributed by atoms with Gasteiger partial charge in [-0.1, -0.05) is 36.4 Å². The minimum absolute atomic E-state index is 0.234. The number of benzene rings is 2. The van der Waals surface area contributed by atoms with Crippen LogP contribution < -0.4 is 10.2 Å². The Hall–Kier alpha value is -4.46. The van der Waals surface area contributed by atoms with Crippen LogP contribution in [0.4, 0.5) is 10.5 Å². The summed E-state index contributed by atoms with van der Waals surface area (Å²) in [7, 11) is 0. The highest BCUT2D eigenvalue weighted by molar-refractivity contribution is 6.25. The number of para-hydroxylation sites is 2. The fraction of sp³-hybridized carbons (Fsp3) is 0.185. The van der Waals surface area contributed by atoms with Crippen LogP contribution in [0.2, 0.25) is 0 Å². The van der Waals surface area contributed by atoms with Crippen LogP contribution in [0, 0.1) is 0 Å². The lowest BCUT2D eigenvalue weighted by atomic mass is 9.87. The third kappa shape index (κ3) is 3.06. The average Bonchev–Trinajstić information content (AvgIpc) is 3.37. The molecule has 4 aromatic rings. The Balaban J connectivity index is 1.37. The maximum atomic E-state index is 14.0. The standard InChI is InChI=1S/C27H23N5O3/c1-27-23-19(18-9-2-4-11-21(18)30-23)13-15-31(27)26(35)32(25(27)34)22-12-5-3-10-20(22)24(33)29-16-17-8-6-7-14-28-17/h2-12,14,30H,13,15-16H2,1H3,(H,29,33). The Morgan fingerprint density at radius 3 is 2.66 bits per heavy atom. The zero-order valence-corrected chi connectivity index (χ0v) is 19.1. The normalized spacial score (nSPS) is 19.1. The molecule has 4 amide bonds.